The molecule has 0 saturated carbocycles. The van der Waals surface area contributed by atoms with Gasteiger partial charge in [0.25, 0.3) is 5.91 Å². The van der Waals surface area contributed by atoms with Crippen molar-refractivity contribution in [2.45, 2.75) is 43.5 Å². The predicted octanol–water partition coefficient (Wildman–Crippen LogP) is 8.31. The number of methoxy groups -OCH3 is 1. The number of hydrogen-bond acceptors (Lipinski definition) is 8. The van der Waals surface area contributed by atoms with Gasteiger partial charge in [-0.05, 0) is 52.1 Å². The second kappa shape index (κ2) is 15.9. The molecule has 0 spiro atoms. The van der Waals surface area contributed by atoms with E-state index in [-0.39, 0.29) is 36.3 Å². The lowest BCUT2D eigenvalue weighted by Gasteiger charge is -2.41. The number of thioether (sulfide) groups is 1. The maximum absolute atomic E-state index is 13.0. The molecular formula is C42H39N3O5S. The molecule has 8 nitrogen and oxygen atoms in total. The van der Waals surface area contributed by atoms with Gasteiger partial charge in [-0.25, -0.2) is 4.98 Å². The number of benzene rings is 5. The average molecular weight is 698 g/mol. The van der Waals surface area contributed by atoms with Crippen LogP contribution < -0.4 is 10.1 Å². The summed E-state index contributed by atoms with van der Waals surface area (Å²) in [6.07, 6.45) is 0.599. The molecule has 2 N–H and O–H groups in total. The minimum atomic E-state index is -0.585. The third kappa shape index (κ3) is 7.82. The quantitative estimate of drug-likeness (QED) is 0.130. The molecule has 6 aromatic rings. The summed E-state index contributed by atoms with van der Waals surface area (Å²) in [5.41, 5.74) is 7.52. The number of aliphatic hydroxyl groups excluding tert-OH is 1. The number of nitrogens with one attached hydrogen (secondary N) is 1. The lowest BCUT2D eigenvalue weighted by Crippen LogP contribution is -2.38. The molecule has 1 aliphatic rings. The highest BCUT2D eigenvalue weighted by molar-refractivity contribution is 7.99. The second-order valence-corrected chi connectivity index (χ2v) is 13.6. The number of carbonyl (C=O) groups excluding carboxylic acids is 1. The summed E-state index contributed by atoms with van der Waals surface area (Å²) in [6.45, 7) is 2.49. The van der Waals surface area contributed by atoms with E-state index in [0.29, 0.717) is 17.8 Å². The van der Waals surface area contributed by atoms with Crippen molar-refractivity contribution < 1.29 is 24.1 Å². The van der Waals surface area contributed by atoms with Gasteiger partial charge >= 0.3 is 0 Å². The second-order valence-electron chi connectivity index (χ2n) is 12.5. The Kier molecular flexibility index (Phi) is 10.7. The first-order valence-corrected chi connectivity index (χ1v) is 17.9. The molecule has 0 bridgehead atoms. The van der Waals surface area contributed by atoms with E-state index in [2.05, 4.69) is 46.5 Å². The molecule has 51 heavy (non-hydrogen) atoms. The molecule has 9 heteroatoms. The third-order valence-electron chi connectivity index (χ3n) is 9.23. The summed E-state index contributed by atoms with van der Waals surface area (Å²) in [6, 6.07) is 39.7. The number of aliphatic hydroxyl groups is 1. The van der Waals surface area contributed by atoms with Crippen LogP contribution in [0, 0.1) is 5.92 Å². The fourth-order valence-corrected chi connectivity index (χ4v) is 7.52. The summed E-state index contributed by atoms with van der Waals surface area (Å²) >= 11 is 1.71. The van der Waals surface area contributed by atoms with Crippen molar-refractivity contribution in [2.75, 3.05) is 12.9 Å². The van der Waals surface area contributed by atoms with Gasteiger partial charge in [0.2, 0.25) is 0 Å². The Morgan fingerprint density at radius 3 is 2.33 bits per heavy atom. The standard InChI is InChI=1S/C42H39N3O5S/c1-27-38(26-51-39-14-8-7-13-37(39)48-2)49-42(50-40(27)30-17-15-28(25-46)16-18-30)31-21-19-29(20-22-31)33-10-4-3-9-32(33)23-44-41(47)36-24-43-34-11-5-6-12-35(34)45-36/h3-22,24,27,38,40,42,46H,23,25-26H2,1-2H3,(H,44,47)/t27-,38+,40+,42+/m0/s1. The largest absolute Gasteiger partial charge is 0.496 e. The normalized spacial score (nSPS) is 18.7. The van der Waals surface area contributed by atoms with E-state index in [1.54, 1.807) is 18.9 Å². The first-order valence-electron chi connectivity index (χ1n) is 17.0. The zero-order valence-electron chi connectivity index (χ0n) is 28.4. The van der Waals surface area contributed by atoms with Crippen LogP contribution in [0.15, 0.2) is 132 Å². The topological polar surface area (TPSA) is 103 Å². The minimum Gasteiger partial charge on any atom is -0.496 e. The Morgan fingerprint density at radius 1 is 0.843 bits per heavy atom. The van der Waals surface area contributed by atoms with Crippen LogP contribution in [-0.4, -0.2) is 39.9 Å². The van der Waals surface area contributed by atoms with E-state index < -0.39 is 6.29 Å². The molecule has 5 aromatic carbocycles. The summed E-state index contributed by atoms with van der Waals surface area (Å²) in [7, 11) is 1.69. The van der Waals surface area contributed by atoms with Crippen molar-refractivity contribution in [1.29, 1.82) is 0 Å². The number of aromatic nitrogens is 2. The van der Waals surface area contributed by atoms with Crippen LogP contribution in [0.1, 0.15) is 52.1 Å². The van der Waals surface area contributed by atoms with Crippen molar-refractivity contribution in [3.8, 4) is 16.9 Å². The van der Waals surface area contributed by atoms with Gasteiger partial charge in [0.05, 0.1) is 43.2 Å². The summed E-state index contributed by atoms with van der Waals surface area (Å²) in [5, 5.41) is 12.6. The van der Waals surface area contributed by atoms with Gasteiger partial charge in [0, 0.05) is 28.7 Å². The van der Waals surface area contributed by atoms with Gasteiger partial charge in [-0.1, -0.05) is 104 Å². The fraction of sp³-hybridized carbons (Fsp3) is 0.214. The molecule has 1 fully saturated rings. The molecule has 1 aliphatic heterocycles. The lowest BCUT2D eigenvalue weighted by molar-refractivity contribution is -0.268. The van der Waals surface area contributed by atoms with Crippen LogP contribution in [0.2, 0.25) is 0 Å². The number of fused-ring (bicyclic) bond motifs is 1. The van der Waals surface area contributed by atoms with Gasteiger partial charge in [0.1, 0.15) is 11.4 Å². The van der Waals surface area contributed by atoms with Crippen molar-refractivity contribution in [2.24, 2.45) is 5.92 Å². The van der Waals surface area contributed by atoms with Gasteiger partial charge in [-0.15, -0.1) is 11.8 Å². The number of ether oxygens (including phenoxy) is 3. The Labute approximate surface area is 301 Å². The third-order valence-corrected chi connectivity index (χ3v) is 10.4. The molecule has 1 aromatic heterocycles. The van der Waals surface area contributed by atoms with Crippen LogP contribution in [0.25, 0.3) is 22.2 Å². The average Bonchev–Trinajstić information content (AvgIpc) is 3.19. The zero-order chi connectivity index (χ0) is 35.2. The number of hydrogen-bond donors (Lipinski definition) is 2. The number of amides is 1. The Hall–Kier alpha value is -5.06. The maximum atomic E-state index is 13.0. The van der Waals surface area contributed by atoms with Crippen LogP contribution in [0.3, 0.4) is 0 Å². The highest BCUT2D eigenvalue weighted by Crippen LogP contribution is 2.44. The molecule has 7 rings (SSSR count). The summed E-state index contributed by atoms with van der Waals surface area (Å²) in [5.74, 6) is 1.34. The van der Waals surface area contributed by atoms with Gasteiger partial charge in [-0.2, -0.15) is 0 Å². The maximum Gasteiger partial charge on any atom is 0.271 e. The number of para-hydroxylation sites is 3. The number of rotatable bonds is 11. The van der Waals surface area contributed by atoms with Crippen LogP contribution in [0.4, 0.5) is 0 Å². The number of nitrogens with zero attached hydrogens (tertiary/aromatic N) is 2. The molecule has 4 atom stereocenters. The van der Waals surface area contributed by atoms with E-state index in [1.807, 2.05) is 97.1 Å². The van der Waals surface area contributed by atoms with Gasteiger partial charge in [-0.3, -0.25) is 9.78 Å². The summed E-state index contributed by atoms with van der Waals surface area (Å²) < 4.78 is 19.0. The minimum absolute atomic E-state index is 0.00769. The van der Waals surface area contributed by atoms with Crippen LogP contribution in [-0.2, 0) is 22.6 Å². The van der Waals surface area contributed by atoms with E-state index in [4.69, 9.17) is 14.2 Å². The summed E-state index contributed by atoms with van der Waals surface area (Å²) in [4.78, 5) is 23.0. The van der Waals surface area contributed by atoms with Crippen LogP contribution >= 0.6 is 11.8 Å². The molecule has 0 aliphatic carbocycles. The van der Waals surface area contributed by atoms with Gasteiger partial charge in [0.15, 0.2) is 6.29 Å². The van der Waals surface area contributed by atoms with E-state index in [0.717, 1.165) is 49.5 Å². The van der Waals surface area contributed by atoms with Crippen LogP contribution in [0.5, 0.6) is 5.75 Å². The number of carbonyl (C=O) groups is 1. The van der Waals surface area contributed by atoms with Crippen molar-refractivity contribution >= 4 is 28.7 Å². The molecule has 1 saturated heterocycles. The van der Waals surface area contributed by atoms with Gasteiger partial charge < -0.3 is 24.6 Å². The monoisotopic (exact) mass is 697 g/mol. The fourth-order valence-electron chi connectivity index (χ4n) is 6.33. The Bertz CT molecular complexity index is 2110. The Morgan fingerprint density at radius 2 is 1.55 bits per heavy atom. The van der Waals surface area contributed by atoms with Crippen molar-refractivity contribution in [3.05, 3.63) is 155 Å². The molecule has 258 valence electrons. The predicted molar refractivity (Wildman–Crippen MR) is 199 cm³/mol. The van der Waals surface area contributed by atoms with E-state index >= 15 is 0 Å². The van der Waals surface area contributed by atoms with E-state index in [1.165, 1.54) is 6.20 Å². The molecular weight excluding hydrogens is 659 g/mol. The lowest BCUT2D eigenvalue weighted by atomic mass is 9.91. The molecule has 0 radical (unpaired) electrons. The molecule has 2 heterocycles. The SMILES string of the molecule is COc1ccccc1SC[C@H]1O[C@@H](c2ccc(-c3ccccc3CNC(=O)c3cnc4ccccc4n3)cc2)O[C@@H](c2ccc(CO)cc2)[C@H]1C. The van der Waals surface area contributed by atoms with Crippen molar-refractivity contribution in [3.63, 3.8) is 0 Å². The van der Waals surface area contributed by atoms with Crippen molar-refractivity contribution in [1.82, 2.24) is 15.3 Å². The van der Waals surface area contributed by atoms with E-state index in [9.17, 15) is 9.90 Å². The molecule has 0 unspecified atom stereocenters. The highest BCUT2D eigenvalue weighted by Gasteiger charge is 2.38. The molecule has 1 amide bonds. The first kappa shape index (κ1) is 34.4. The Balaban J connectivity index is 1.09. The zero-order valence-corrected chi connectivity index (χ0v) is 29.3. The highest BCUT2D eigenvalue weighted by atomic mass is 32.2. The smallest absolute Gasteiger partial charge is 0.271 e. The first-order chi connectivity index (χ1) is 25.0.